The maximum Gasteiger partial charge on any atom is 0.160 e. The lowest BCUT2D eigenvalue weighted by molar-refractivity contribution is -0.277. The first-order valence-corrected chi connectivity index (χ1v) is 7.82. The molecule has 1 heterocycles. The minimum Gasteiger partial charge on any atom is -0.390 e. The van der Waals surface area contributed by atoms with Crippen LogP contribution in [0.1, 0.15) is 46.5 Å². The van der Waals surface area contributed by atoms with Gasteiger partial charge in [0.05, 0.1) is 12.7 Å². The molecule has 1 saturated heterocycles. The van der Waals surface area contributed by atoms with E-state index in [-0.39, 0.29) is 5.92 Å². The molecule has 0 aromatic rings. The van der Waals surface area contributed by atoms with Crippen molar-refractivity contribution in [2.45, 2.75) is 71.1 Å². The fourth-order valence-electron chi connectivity index (χ4n) is 2.22. The average Bonchev–Trinajstić information content (AvgIpc) is 2.44. The smallest absolute Gasteiger partial charge is 0.160 e. The van der Waals surface area contributed by atoms with Crippen molar-refractivity contribution >= 4 is 0 Å². The highest BCUT2D eigenvalue weighted by atomic mass is 16.6. The maximum atomic E-state index is 10.3. The van der Waals surface area contributed by atoms with Gasteiger partial charge in [-0.2, -0.15) is 0 Å². The first-order chi connectivity index (χ1) is 9.61. The minimum absolute atomic E-state index is 0.345. The normalized spacial score (nSPS) is 34.4. The molecule has 0 aromatic heterocycles. The number of hydrogen-bond acceptors (Lipinski definition) is 5. The van der Waals surface area contributed by atoms with Gasteiger partial charge in [0.15, 0.2) is 6.29 Å². The van der Waals surface area contributed by atoms with Crippen LogP contribution in [-0.2, 0) is 14.2 Å². The molecule has 2 N–H and O–H groups in total. The molecule has 0 radical (unpaired) electrons. The second kappa shape index (κ2) is 9.68. The Labute approximate surface area is 122 Å². The first-order valence-electron chi connectivity index (χ1n) is 7.82. The highest BCUT2D eigenvalue weighted by Crippen LogP contribution is 2.27. The zero-order valence-electron chi connectivity index (χ0n) is 13.0. The fourth-order valence-corrected chi connectivity index (χ4v) is 2.22. The summed E-state index contributed by atoms with van der Waals surface area (Å²) in [4.78, 5) is 0. The summed E-state index contributed by atoms with van der Waals surface area (Å²) < 4.78 is 16.9. The van der Waals surface area contributed by atoms with Gasteiger partial charge >= 0.3 is 0 Å². The Morgan fingerprint density at radius 1 is 1.05 bits per heavy atom. The third-order valence-electron chi connectivity index (χ3n) is 3.74. The van der Waals surface area contributed by atoms with Crippen molar-refractivity contribution in [1.29, 1.82) is 0 Å². The van der Waals surface area contributed by atoms with Gasteiger partial charge in [-0.25, -0.2) is 0 Å². The summed E-state index contributed by atoms with van der Waals surface area (Å²) in [5, 5.41) is 20.1. The van der Waals surface area contributed by atoms with Gasteiger partial charge < -0.3 is 24.4 Å². The zero-order valence-corrected chi connectivity index (χ0v) is 13.0. The summed E-state index contributed by atoms with van der Waals surface area (Å²) in [6.07, 6.45) is 1.53. The third kappa shape index (κ3) is 5.30. The van der Waals surface area contributed by atoms with E-state index < -0.39 is 24.6 Å². The van der Waals surface area contributed by atoms with E-state index >= 15 is 0 Å². The molecule has 5 atom stereocenters. The zero-order chi connectivity index (χ0) is 15.0. The van der Waals surface area contributed by atoms with E-state index in [1.165, 1.54) is 0 Å². The number of hydrogen-bond donors (Lipinski definition) is 2. The van der Waals surface area contributed by atoms with E-state index in [9.17, 15) is 10.2 Å². The molecule has 20 heavy (non-hydrogen) atoms. The molecule has 5 heteroatoms. The van der Waals surface area contributed by atoms with Crippen LogP contribution in [0.5, 0.6) is 0 Å². The summed E-state index contributed by atoms with van der Waals surface area (Å²) in [6.45, 7) is 7.56. The molecule has 0 bridgehead atoms. The SMILES string of the molecule is CCCCOC[C@@H]1OC(O)[C@H](C)[C@H](O)C1OCCCC. The third-order valence-corrected chi connectivity index (χ3v) is 3.74. The van der Waals surface area contributed by atoms with Crippen LogP contribution in [0.25, 0.3) is 0 Å². The van der Waals surface area contributed by atoms with Crippen molar-refractivity contribution in [2.75, 3.05) is 19.8 Å². The number of aliphatic hydroxyl groups is 2. The molecule has 0 amide bonds. The molecule has 5 nitrogen and oxygen atoms in total. The van der Waals surface area contributed by atoms with Gasteiger partial charge in [-0.05, 0) is 12.8 Å². The molecule has 0 aliphatic carbocycles. The molecule has 1 aliphatic rings. The van der Waals surface area contributed by atoms with Crippen LogP contribution in [0.3, 0.4) is 0 Å². The summed E-state index contributed by atoms with van der Waals surface area (Å²) in [5.41, 5.74) is 0. The summed E-state index contributed by atoms with van der Waals surface area (Å²) in [5.74, 6) is -0.353. The standard InChI is InChI=1S/C15H30O5/c1-4-6-8-18-10-12-14(19-9-7-5-2)13(16)11(3)15(17)20-12/h11-17H,4-10H2,1-3H3/t11-,12+,13+,14?,15?/m1/s1. The van der Waals surface area contributed by atoms with E-state index in [1.54, 1.807) is 6.92 Å². The van der Waals surface area contributed by atoms with Crippen LogP contribution in [0.2, 0.25) is 0 Å². The van der Waals surface area contributed by atoms with Crippen LogP contribution in [-0.4, -0.2) is 54.6 Å². The lowest BCUT2D eigenvalue weighted by Crippen LogP contribution is -2.56. The van der Waals surface area contributed by atoms with E-state index in [1.807, 2.05) is 0 Å². The Morgan fingerprint density at radius 2 is 1.70 bits per heavy atom. The maximum absolute atomic E-state index is 10.3. The fraction of sp³-hybridized carbons (Fsp3) is 1.00. The average molecular weight is 290 g/mol. The molecule has 0 spiro atoms. The number of unbranched alkanes of at least 4 members (excludes halogenated alkanes) is 2. The second-order valence-electron chi connectivity index (χ2n) is 5.53. The predicted molar refractivity (Wildman–Crippen MR) is 76.4 cm³/mol. The molecule has 1 fully saturated rings. The molecule has 1 rings (SSSR count). The molecular formula is C15H30O5. The van der Waals surface area contributed by atoms with E-state index in [4.69, 9.17) is 14.2 Å². The van der Waals surface area contributed by atoms with E-state index in [2.05, 4.69) is 13.8 Å². The van der Waals surface area contributed by atoms with Crippen molar-refractivity contribution in [3.05, 3.63) is 0 Å². The highest BCUT2D eigenvalue weighted by Gasteiger charge is 2.43. The molecule has 1 aliphatic heterocycles. The Bertz CT molecular complexity index is 248. The molecule has 2 unspecified atom stereocenters. The van der Waals surface area contributed by atoms with Gasteiger partial charge in [-0.15, -0.1) is 0 Å². The van der Waals surface area contributed by atoms with Gasteiger partial charge in [0, 0.05) is 19.1 Å². The van der Waals surface area contributed by atoms with Crippen LogP contribution in [0.15, 0.2) is 0 Å². The predicted octanol–water partition coefficient (Wildman–Crippen LogP) is 1.70. The molecule has 0 saturated carbocycles. The van der Waals surface area contributed by atoms with Crippen LogP contribution >= 0.6 is 0 Å². The van der Waals surface area contributed by atoms with Crippen molar-refractivity contribution in [1.82, 2.24) is 0 Å². The highest BCUT2D eigenvalue weighted by molar-refractivity contribution is 4.88. The Morgan fingerprint density at radius 3 is 2.35 bits per heavy atom. The van der Waals surface area contributed by atoms with Crippen molar-refractivity contribution in [3.63, 3.8) is 0 Å². The topological polar surface area (TPSA) is 68.2 Å². The minimum atomic E-state index is -0.962. The van der Waals surface area contributed by atoms with Gasteiger partial charge in [-0.1, -0.05) is 33.6 Å². The Hall–Kier alpha value is -0.200. The van der Waals surface area contributed by atoms with E-state index in [0.29, 0.717) is 19.8 Å². The lowest BCUT2D eigenvalue weighted by Gasteiger charge is -2.41. The monoisotopic (exact) mass is 290 g/mol. The quantitative estimate of drug-likeness (QED) is 0.633. The summed E-state index contributed by atoms with van der Waals surface area (Å²) >= 11 is 0. The van der Waals surface area contributed by atoms with Crippen molar-refractivity contribution < 1.29 is 24.4 Å². The largest absolute Gasteiger partial charge is 0.390 e. The Balaban J connectivity index is 2.50. The van der Waals surface area contributed by atoms with Crippen LogP contribution in [0.4, 0.5) is 0 Å². The van der Waals surface area contributed by atoms with Gasteiger partial charge in [0.2, 0.25) is 0 Å². The van der Waals surface area contributed by atoms with Crippen molar-refractivity contribution in [3.8, 4) is 0 Å². The van der Waals surface area contributed by atoms with Crippen LogP contribution in [0, 0.1) is 5.92 Å². The van der Waals surface area contributed by atoms with Gasteiger partial charge in [0.25, 0.3) is 0 Å². The van der Waals surface area contributed by atoms with Crippen molar-refractivity contribution in [2.24, 2.45) is 5.92 Å². The Kier molecular flexibility index (Phi) is 8.64. The van der Waals surface area contributed by atoms with Gasteiger partial charge in [-0.3, -0.25) is 0 Å². The second-order valence-corrected chi connectivity index (χ2v) is 5.53. The number of rotatable bonds is 9. The van der Waals surface area contributed by atoms with E-state index in [0.717, 1.165) is 25.7 Å². The van der Waals surface area contributed by atoms with Gasteiger partial charge in [0.1, 0.15) is 12.2 Å². The van der Waals surface area contributed by atoms with Crippen LogP contribution < -0.4 is 0 Å². The first kappa shape index (κ1) is 17.9. The summed E-state index contributed by atoms with van der Waals surface area (Å²) in [7, 11) is 0. The number of ether oxygens (including phenoxy) is 3. The molecule has 120 valence electrons. The summed E-state index contributed by atoms with van der Waals surface area (Å²) in [6, 6.07) is 0. The lowest BCUT2D eigenvalue weighted by atomic mass is 9.92. The molecular weight excluding hydrogens is 260 g/mol. The molecule has 0 aromatic carbocycles. The number of aliphatic hydroxyl groups excluding tert-OH is 2.